The van der Waals surface area contributed by atoms with Crippen molar-refractivity contribution in [3.05, 3.63) is 70.7 Å². The summed E-state index contributed by atoms with van der Waals surface area (Å²) in [6.45, 7) is 4.05. The highest BCUT2D eigenvalue weighted by molar-refractivity contribution is 5.75. The minimum atomic E-state index is -0.258. The highest BCUT2D eigenvalue weighted by Crippen LogP contribution is 2.14. The van der Waals surface area contributed by atoms with Gasteiger partial charge in [-0.2, -0.15) is 0 Å². The van der Waals surface area contributed by atoms with E-state index in [4.69, 9.17) is 4.74 Å². The van der Waals surface area contributed by atoms with Crippen LogP contribution < -0.4 is 4.74 Å². The maximum absolute atomic E-state index is 12.8. The van der Waals surface area contributed by atoms with Crippen molar-refractivity contribution in [1.82, 2.24) is 0 Å². The molecule has 0 aliphatic heterocycles. The third-order valence-electron chi connectivity index (χ3n) is 2.98. The molecule has 0 saturated carbocycles. The second-order valence-corrected chi connectivity index (χ2v) is 5.07. The van der Waals surface area contributed by atoms with Gasteiger partial charge >= 0.3 is 0 Å². The molecule has 0 fully saturated rings. The molecule has 2 aromatic carbocycles. The largest absolute Gasteiger partial charge is 0.624 e. The Hall–Kier alpha value is -2.36. The molecule has 0 saturated heterocycles. The van der Waals surface area contributed by atoms with Gasteiger partial charge in [0.15, 0.2) is 12.3 Å². The van der Waals surface area contributed by atoms with Gasteiger partial charge in [0.05, 0.1) is 0 Å². The Kier molecular flexibility index (Phi) is 4.93. The maximum Gasteiger partial charge on any atom is 0.182 e. The SMILES string of the molecule is CC(C)[N+]([O-])=Cc1ccc(OCc2ccc(F)cc2)cc1. The first-order valence-electron chi connectivity index (χ1n) is 6.82. The zero-order chi connectivity index (χ0) is 15.2. The van der Waals surface area contributed by atoms with E-state index in [1.807, 2.05) is 38.1 Å². The molecule has 3 nitrogen and oxygen atoms in total. The van der Waals surface area contributed by atoms with Crippen LogP contribution in [-0.4, -0.2) is 17.0 Å². The lowest BCUT2D eigenvalue weighted by atomic mass is 10.2. The van der Waals surface area contributed by atoms with Crippen LogP contribution in [0.5, 0.6) is 5.75 Å². The molecule has 0 spiro atoms. The summed E-state index contributed by atoms with van der Waals surface area (Å²) in [5.74, 6) is 0.449. The normalized spacial score (nSPS) is 11.7. The van der Waals surface area contributed by atoms with Crippen molar-refractivity contribution in [1.29, 1.82) is 0 Å². The van der Waals surface area contributed by atoms with Crippen LogP contribution in [0.3, 0.4) is 0 Å². The fourth-order valence-electron chi connectivity index (χ4n) is 1.69. The van der Waals surface area contributed by atoms with Gasteiger partial charge in [0.1, 0.15) is 18.2 Å². The Bertz CT molecular complexity index is 604. The minimum Gasteiger partial charge on any atom is -0.624 e. The summed E-state index contributed by atoms with van der Waals surface area (Å²) in [6.07, 6.45) is 1.55. The predicted molar refractivity (Wildman–Crippen MR) is 81.1 cm³/mol. The number of benzene rings is 2. The highest BCUT2D eigenvalue weighted by atomic mass is 19.1. The third kappa shape index (κ3) is 4.60. The standard InChI is InChI=1S/C17H18FNO2/c1-13(2)19(20)11-14-5-9-17(10-6-14)21-12-15-3-7-16(18)8-4-15/h3-11,13H,12H2,1-2H3. The zero-order valence-corrected chi connectivity index (χ0v) is 12.1. The van der Waals surface area contributed by atoms with Crippen molar-refractivity contribution >= 4 is 6.21 Å². The monoisotopic (exact) mass is 287 g/mol. The average Bonchev–Trinajstić information content (AvgIpc) is 2.48. The van der Waals surface area contributed by atoms with Crippen molar-refractivity contribution in [2.24, 2.45) is 0 Å². The summed E-state index contributed by atoms with van der Waals surface area (Å²) in [5, 5.41) is 11.5. The van der Waals surface area contributed by atoms with Gasteiger partial charge in [-0.3, -0.25) is 0 Å². The van der Waals surface area contributed by atoms with Crippen LogP contribution in [0.4, 0.5) is 4.39 Å². The summed E-state index contributed by atoms with van der Waals surface area (Å²) in [6, 6.07) is 13.4. The van der Waals surface area contributed by atoms with E-state index in [2.05, 4.69) is 0 Å². The van der Waals surface area contributed by atoms with Gasteiger partial charge < -0.3 is 9.94 Å². The van der Waals surface area contributed by atoms with Gasteiger partial charge in [0.25, 0.3) is 0 Å². The van der Waals surface area contributed by atoms with E-state index in [1.54, 1.807) is 18.3 Å². The highest BCUT2D eigenvalue weighted by Gasteiger charge is 2.02. The van der Waals surface area contributed by atoms with Crippen LogP contribution in [0.25, 0.3) is 0 Å². The lowest BCUT2D eigenvalue weighted by Crippen LogP contribution is -2.14. The fraction of sp³-hybridized carbons (Fsp3) is 0.235. The molecule has 0 unspecified atom stereocenters. The minimum absolute atomic E-state index is 0.0839. The molecule has 0 aliphatic carbocycles. The molecule has 2 rings (SSSR count). The van der Waals surface area contributed by atoms with Gasteiger partial charge in [0, 0.05) is 5.56 Å². The smallest absolute Gasteiger partial charge is 0.182 e. The van der Waals surface area contributed by atoms with Crippen LogP contribution in [0.1, 0.15) is 25.0 Å². The van der Waals surface area contributed by atoms with E-state index in [0.29, 0.717) is 12.4 Å². The molecule has 110 valence electrons. The Morgan fingerprint density at radius 2 is 1.71 bits per heavy atom. The molecule has 0 aromatic heterocycles. The summed E-state index contributed by atoms with van der Waals surface area (Å²) in [4.78, 5) is 0. The van der Waals surface area contributed by atoms with Gasteiger partial charge in [-0.25, -0.2) is 9.13 Å². The molecule has 21 heavy (non-hydrogen) atoms. The molecule has 2 aromatic rings. The molecular formula is C17H18FNO2. The Morgan fingerprint density at radius 1 is 1.10 bits per heavy atom. The fourth-order valence-corrected chi connectivity index (χ4v) is 1.69. The van der Waals surface area contributed by atoms with Crippen molar-refractivity contribution in [3.63, 3.8) is 0 Å². The third-order valence-corrected chi connectivity index (χ3v) is 2.98. The Morgan fingerprint density at radius 3 is 2.29 bits per heavy atom. The maximum atomic E-state index is 12.8. The molecule has 4 heteroatoms. The first kappa shape index (κ1) is 15.0. The predicted octanol–water partition coefficient (Wildman–Crippen LogP) is 3.74. The first-order valence-corrected chi connectivity index (χ1v) is 6.82. The Balaban J connectivity index is 1.96. The Labute approximate surface area is 123 Å². The van der Waals surface area contributed by atoms with E-state index in [-0.39, 0.29) is 11.9 Å². The van der Waals surface area contributed by atoms with Crippen molar-refractivity contribution in [2.75, 3.05) is 0 Å². The number of hydrogen-bond donors (Lipinski definition) is 0. The quantitative estimate of drug-likeness (QED) is 0.363. The molecule has 0 N–H and O–H groups in total. The van der Waals surface area contributed by atoms with Gasteiger partial charge in [-0.15, -0.1) is 0 Å². The van der Waals surface area contributed by atoms with Gasteiger partial charge in [-0.1, -0.05) is 12.1 Å². The topological polar surface area (TPSA) is 35.3 Å². The number of rotatable bonds is 5. The summed E-state index contributed by atoms with van der Waals surface area (Å²) in [7, 11) is 0. The number of hydrogen-bond acceptors (Lipinski definition) is 2. The van der Waals surface area contributed by atoms with Crippen LogP contribution in [0.15, 0.2) is 48.5 Å². The van der Waals surface area contributed by atoms with E-state index in [9.17, 15) is 9.60 Å². The molecule has 0 atom stereocenters. The van der Waals surface area contributed by atoms with E-state index in [1.165, 1.54) is 12.1 Å². The molecule has 0 aliphatic rings. The van der Waals surface area contributed by atoms with Gasteiger partial charge in [0.2, 0.25) is 0 Å². The first-order chi connectivity index (χ1) is 10.0. The summed E-state index contributed by atoms with van der Waals surface area (Å²) < 4.78 is 19.3. The van der Waals surface area contributed by atoms with Crippen molar-refractivity contribution in [2.45, 2.75) is 26.5 Å². The van der Waals surface area contributed by atoms with Crippen LogP contribution in [-0.2, 0) is 6.61 Å². The molecular weight excluding hydrogens is 269 g/mol. The van der Waals surface area contributed by atoms with Crippen LogP contribution in [0, 0.1) is 11.0 Å². The number of halogens is 1. The van der Waals surface area contributed by atoms with Crippen LogP contribution in [0.2, 0.25) is 0 Å². The number of hydroxylamine groups is 1. The zero-order valence-electron chi connectivity index (χ0n) is 12.1. The number of ether oxygens (including phenoxy) is 1. The average molecular weight is 287 g/mol. The molecule has 0 radical (unpaired) electrons. The molecule has 0 bridgehead atoms. The lowest BCUT2D eigenvalue weighted by molar-refractivity contribution is -0.487. The van der Waals surface area contributed by atoms with Crippen molar-refractivity contribution < 1.29 is 13.9 Å². The molecule has 0 heterocycles. The van der Waals surface area contributed by atoms with Crippen molar-refractivity contribution in [3.8, 4) is 5.75 Å². The van der Waals surface area contributed by atoms with Gasteiger partial charge in [-0.05, 0) is 55.8 Å². The van der Waals surface area contributed by atoms with E-state index in [0.717, 1.165) is 15.9 Å². The molecule has 0 amide bonds. The second-order valence-electron chi connectivity index (χ2n) is 5.07. The lowest BCUT2D eigenvalue weighted by Gasteiger charge is -2.08. The number of nitrogens with zero attached hydrogens (tertiary/aromatic N) is 1. The second kappa shape index (κ2) is 6.88. The van der Waals surface area contributed by atoms with Crippen LogP contribution >= 0.6 is 0 Å². The summed E-state index contributed by atoms with van der Waals surface area (Å²) >= 11 is 0. The van der Waals surface area contributed by atoms with E-state index < -0.39 is 0 Å². The summed E-state index contributed by atoms with van der Waals surface area (Å²) in [5.41, 5.74) is 1.73. The van der Waals surface area contributed by atoms with E-state index >= 15 is 0 Å².